The minimum atomic E-state index is -0.792. The molecule has 5 nitrogen and oxygen atoms in total. The van der Waals surface area contributed by atoms with Gasteiger partial charge in [-0.1, -0.05) is 30.3 Å². The van der Waals surface area contributed by atoms with Gasteiger partial charge in [-0.15, -0.1) is 0 Å². The molecule has 24 heavy (non-hydrogen) atoms. The van der Waals surface area contributed by atoms with Crippen LogP contribution in [0.15, 0.2) is 54.7 Å². The van der Waals surface area contributed by atoms with E-state index in [1.54, 1.807) is 12.1 Å². The second-order valence-corrected chi connectivity index (χ2v) is 5.97. The Morgan fingerprint density at radius 3 is 2.29 bits per heavy atom. The standard InChI is InChI=1S/C19H17NO4/c21-16-9-10-17(22)19(16)14(13-6-2-1-3-7-13)12-18(23)15-8-4-5-11-20(15)24/h1-8,11,14,19H,9-10,12H2/t14-/m1/s1. The Balaban J connectivity index is 1.94. The summed E-state index contributed by atoms with van der Waals surface area (Å²) in [5, 5.41) is 11.8. The van der Waals surface area contributed by atoms with E-state index in [-0.39, 0.29) is 42.3 Å². The Bertz CT molecular complexity index is 769. The van der Waals surface area contributed by atoms with Gasteiger partial charge in [0.15, 0.2) is 6.20 Å². The summed E-state index contributed by atoms with van der Waals surface area (Å²) in [5.74, 6) is -1.93. The zero-order valence-electron chi connectivity index (χ0n) is 13.1. The topological polar surface area (TPSA) is 78.2 Å². The lowest BCUT2D eigenvalue weighted by atomic mass is 9.80. The highest BCUT2D eigenvalue weighted by atomic mass is 16.5. The van der Waals surface area contributed by atoms with E-state index in [4.69, 9.17) is 0 Å². The van der Waals surface area contributed by atoms with E-state index in [1.165, 1.54) is 12.3 Å². The molecule has 1 heterocycles. The highest BCUT2D eigenvalue weighted by Crippen LogP contribution is 2.35. The molecule has 3 rings (SSSR count). The summed E-state index contributed by atoms with van der Waals surface area (Å²) in [6, 6.07) is 13.7. The average molecular weight is 323 g/mol. The molecule has 0 bridgehead atoms. The largest absolute Gasteiger partial charge is 0.618 e. The van der Waals surface area contributed by atoms with E-state index >= 15 is 0 Å². The van der Waals surface area contributed by atoms with Crippen molar-refractivity contribution >= 4 is 17.3 Å². The number of rotatable bonds is 5. The van der Waals surface area contributed by atoms with Crippen LogP contribution in [0.3, 0.4) is 0 Å². The highest BCUT2D eigenvalue weighted by Gasteiger charge is 2.41. The molecule has 1 aromatic carbocycles. The van der Waals surface area contributed by atoms with Gasteiger partial charge < -0.3 is 5.21 Å². The third-order valence-corrected chi connectivity index (χ3v) is 4.46. The van der Waals surface area contributed by atoms with Crippen LogP contribution in [-0.2, 0) is 9.59 Å². The van der Waals surface area contributed by atoms with Crippen molar-refractivity contribution in [2.75, 3.05) is 0 Å². The molecule has 0 aliphatic heterocycles. The van der Waals surface area contributed by atoms with Crippen molar-refractivity contribution in [1.29, 1.82) is 0 Å². The van der Waals surface area contributed by atoms with Crippen LogP contribution in [0.2, 0.25) is 0 Å². The van der Waals surface area contributed by atoms with Crippen LogP contribution in [-0.4, -0.2) is 17.3 Å². The summed E-state index contributed by atoms with van der Waals surface area (Å²) in [4.78, 5) is 36.9. The van der Waals surface area contributed by atoms with E-state index in [0.29, 0.717) is 4.73 Å². The maximum absolute atomic E-state index is 12.6. The number of benzene rings is 1. The van der Waals surface area contributed by atoms with Gasteiger partial charge in [0, 0.05) is 37.3 Å². The smallest absolute Gasteiger partial charge is 0.259 e. The van der Waals surface area contributed by atoms with E-state index in [2.05, 4.69) is 0 Å². The highest BCUT2D eigenvalue weighted by molar-refractivity contribution is 6.10. The van der Waals surface area contributed by atoms with Gasteiger partial charge in [0.05, 0.1) is 5.92 Å². The summed E-state index contributed by atoms with van der Waals surface area (Å²) in [6.07, 6.45) is 1.68. The number of carbonyl (C=O) groups excluding carboxylic acids is 3. The lowest BCUT2D eigenvalue weighted by molar-refractivity contribution is -0.607. The fourth-order valence-electron chi connectivity index (χ4n) is 3.26. The molecule has 0 amide bonds. The van der Waals surface area contributed by atoms with Gasteiger partial charge in [0.2, 0.25) is 5.78 Å². The van der Waals surface area contributed by atoms with Crippen LogP contribution < -0.4 is 4.73 Å². The fourth-order valence-corrected chi connectivity index (χ4v) is 3.26. The molecule has 122 valence electrons. The zero-order valence-corrected chi connectivity index (χ0v) is 13.1. The first kappa shape index (κ1) is 16.1. The SMILES string of the molecule is O=C(C[C@H](c1ccccc1)C1C(=O)CCC1=O)c1cccc[n+]1[O-]. The van der Waals surface area contributed by atoms with Crippen molar-refractivity contribution in [1.82, 2.24) is 0 Å². The van der Waals surface area contributed by atoms with Crippen LogP contribution in [0.4, 0.5) is 0 Å². The van der Waals surface area contributed by atoms with Crippen LogP contribution in [0.25, 0.3) is 0 Å². The Labute approximate surface area is 139 Å². The first-order valence-corrected chi connectivity index (χ1v) is 7.89. The lowest BCUT2D eigenvalue weighted by Crippen LogP contribution is -2.35. The summed E-state index contributed by atoms with van der Waals surface area (Å²) in [6.45, 7) is 0. The first-order valence-electron chi connectivity index (χ1n) is 7.89. The molecular weight excluding hydrogens is 306 g/mol. The van der Waals surface area contributed by atoms with Crippen molar-refractivity contribution in [3.05, 3.63) is 71.2 Å². The molecule has 0 spiro atoms. The maximum Gasteiger partial charge on any atom is 0.259 e. The third-order valence-electron chi connectivity index (χ3n) is 4.46. The molecule has 1 saturated carbocycles. The number of nitrogens with zero attached hydrogens (tertiary/aromatic N) is 1. The number of hydrogen-bond donors (Lipinski definition) is 0. The molecule has 0 unspecified atom stereocenters. The van der Waals surface area contributed by atoms with Crippen molar-refractivity contribution in [2.24, 2.45) is 5.92 Å². The predicted molar refractivity (Wildman–Crippen MR) is 86.3 cm³/mol. The number of Topliss-reactive ketones (excluding diaryl/α,β-unsaturated/α-hetero) is 3. The van der Waals surface area contributed by atoms with E-state index in [0.717, 1.165) is 5.56 Å². The summed E-state index contributed by atoms with van der Waals surface area (Å²) >= 11 is 0. The normalized spacial score (nSPS) is 16.3. The van der Waals surface area contributed by atoms with E-state index < -0.39 is 11.8 Å². The molecule has 1 aliphatic rings. The minimum absolute atomic E-state index is 0.0244. The van der Waals surface area contributed by atoms with Crippen molar-refractivity contribution in [2.45, 2.75) is 25.2 Å². The lowest BCUT2D eigenvalue weighted by Gasteiger charge is -2.21. The van der Waals surface area contributed by atoms with Crippen LogP contribution in [0.5, 0.6) is 0 Å². The predicted octanol–water partition coefficient (Wildman–Crippen LogP) is 2.22. The maximum atomic E-state index is 12.6. The average Bonchev–Trinajstić information content (AvgIpc) is 2.92. The molecule has 0 radical (unpaired) electrons. The van der Waals surface area contributed by atoms with E-state index in [9.17, 15) is 19.6 Å². The van der Waals surface area contributed by atoms with Crippen molar-refractivity contribution in [3.8, 4) is 0 Å². The molecule has 1 atom stereocenters. The summed E-state index contributed by atoms with van der Waals surface area (Å²) in [7, 11) is 0. The number of aromatic nitrogens is 1. The number of hydrogen-bond acceptors (Lipinski definition) is 4. The summed E-state index contributed by atoms with van der Waals surface area (Å²) in [5.41, 5.74) is 0.796. The van der Waals surface area contributed by atoms with Crippen molar-refractivity contribution < 1.29 is 19.1 Å². The van der Waals surface area contributed by atoms with Crippen LogP contribution in [0, 0.1) is 11.1 Å². The Morgan fingerprint density at radius 1 is 1.04 bits per heavy atom. The van der Waals surface area contributed by atoms with Crippen LogP contribution >= 0.6 is 0 Å². The fraction of sp³-hybridized carbons (Fsp3) is 0.263. The second kappa shape index (κ2) is 6.74. The number of pyridine rings is 1. The van der Waals surface area contributed by atoms with Gasteiger partial charge in [-0.05, 0) is 11.6 Å². The zero-order chi connectivity index (χ0) is 17.1. The quantitative estimate of drug-likeness (QED) is 0.366. The monoisotopic (exact) mass is 323 g/mol. The molecule has 1 aliphatic carbocycles. The van der Waals surface area contributed by atoms with E-state index in [1.807, 2.05) is 30.3 Å². The van der Waals surface area contributed by atoms with Gasteiger partial charge in [0.25, 0.3) is 5.69 Å². The summed E-state index contributed by atoms with van der Waals surface area (Å²) < 4.78 is 0.517. The first-order chi connectivity index (χ1) is 11.6. The second-order valence-electron chi connectivity index (χ2n) is 5.97. The Hall–Kier alpha value is -2.82. The Kier molecular flexibility index (Phi) is 4.51. The number of carbonyl (C=O) groups is 3. The van der Waals surface area contributed by atoms with Gasteiger partial charge in [-0.2, -0.15) is 4.73 Å². The van der Waals surface area contributed by atoms with Gasteiger partial charge in [-0.3, -0.25) is 14.4 Å². The van der Waals surface area contributed by atoms with Crippen molar-refractivity contribution in [3.63, 3.8) is 0 Å². The molecule has 1 aromatic heterocycles. The van der Waals surface area contributed by atoms with Gasteiger partial charge in [-0.25, -0.2) is 0 Å². The minimum Gasteiger partial charge on any atom is -0.618 e. The third kappa shape index (κ3) is 3.11. The molecular formula is C19H17NO4. The van der Waals surface area contributed by atoms with Crippen LogP contribution in [0.1, 0.15) is 41.2 Å². The molecule has 5 heteroatoms. The molecule has 0 N–H and O–H groups in total. The van der Waals surface area contributed by atoms with Gasteiger partial charge in [0.1, 0.15) is 11.6 Å². The number of ketones is 3. The Morgan fingerprint density at radius 2 is 1.67 bits per heavy atom. The molecule has 2 aromatic rings. The molecule has 0 saturated heterocycles. The molecule has 1 fully saturated rings. The van der Waals surface area contributed by atoms with Gasteiger partial charge >= 0.3 is 0 Å².